The summed E-state index contributed by atoms with van der Waals surface area (Å²) in [7, 11) is 0. The maximum atomic E-state index is 11.7. The first-order valence-corrected chi connectivity index (χ1v) is 5.21. The standard InChI is InChI=1S/C11H12N2O5/c12-7-1-6(2-8(13)3-7)10(14)16-4-9-5-17-11(15)18-9/h1-3,9H,4-5,12-13H2. The number of carbonyl (C=O) groups excluding carboxylic acids is 2. The van der Waals surface area contributed by atoms with Crippen LogP contribution in [0.3, 0.4) is 0 Å². The number of carbonyl (C=O) groups is 2. The molecule has 2 rings (SSSR count). The Morgan fingerprint density at radius 1 is 1.33 bits per heavy atom. The van der Waals surface area contributed by atoms with Crippen molar-refractivity contribution in [3.63, 3.8) is 0 Å². The van der Waals surface area contributed by atoms with Crippen LogP contribution in [0.15, 0.2) is 18.2 Å². The number of rotatable bonds is 3. The van der Waals surface area contributed by atoms with E-state index in [1.165, 1.54) is 18.2 Å². The van der Waals surface area contributed by atoms with E-state index in [0.717, 1.165) is 0 Å². The van der Waals surface area contributed by atoms with E-state index in [2.05, 4.69) is 4.74 Å². The van der Waals surface area contributed by atoms with Gasteiger partial charge in [0, 0.05) is 11.4 Å². The Morgan fingerprint density at radius 2 is 2.00 bits per heavy atom. The molecule has 1 aliphatic rings. The topological polar surface area (TPSA) is 114 Å². The van der Waals surface area contributed by atoms with E-state index in [4.69, 9.17) is 20.9 Å². The number of ether oxygens (including phenoxy) is 3. The van der Waals surface area contributed by atoms with Crippen LogP contribution >= 0.6 is 0 Å². The fourth-order valence-electron chi connectivity index (χ4n) is 1.49. The van der Waals surface area contributed by atoms with E-state index in [9.17, 15) is 9.59 Å². The van der Waals surface area contributed by atoms with Crippen molar-refractivity contribution in [3.05, 3.63) is 23.8 Å². The summed E-state index contributed by atoms with van der Waals surface area (Å²) in [6, 6.07) is 4.44. The summed E-state index contributed by atoms with van der Waals surface area (Å²) in [5, 5.41) is 0. The van der Waals surface area contributed by atoms with Gasteiger partial charge in [-0.3, -0.25) is 0 Å². The van der Waals surface area contributed by atoms with Crippen LogP contribution in [0, 0.1) is 0 Å². The van der Waals surface area contributed by atoms with E-state index in [1.807, 2.05) is 0 Å². The first-order chi connectivity index (χ1) is 8.54. The van der Waals surface area contributed by atoms with Gasteiger partial charge in [-0.25, -0.2) is 9.59 Å². The van der Waals surface area contributed by atoms with Gasteiger partial charge >= 0.3 is 12.1 Å². The van der Waals surface area contributed by atoms with E-state index in [0.29, 0.717) is 11.4 Å². The minimum atomic E-state index is -0.760. The first-order valence-electron chi connectivity index (χ1n) is 5.21. The molecular weight excluding hydrogens is 240 g/mol. The van der Waals surface area contributed by atoms with Gasteiger partial charge in [-0.05, 0) is 18.2 Å². The molecule has 0 aliphatic carbocycles. The summed E-state index contributed by atoms with van der Waals surface area (Å²) >= 11 is 0. The maximum Gasteiger partial charge on any atom is 0.508 e. The third-order valence-corrected chi connectivity index (χ3v) is 2.26. The summed E-state index contributed by atoms with van der Waals surface area (Å²) < 4.78 is 14.2. The Bertz CT molecular complexity index is 468. The van der Waals surface area contributed by atoms with Crippen LogP contribution < -0.4 is 11.5 Å². The Hall–Kier alpha value is -2.44. The molecule has 4 N–H and O–H groups in total. The van der Waals surface area contributed by atoms with Crippen molar-refractivity contribution in [2.45, 2.75) is 6.10 Å². The lowest BCUT2D eigenvalue weighted by Crippen LogP contribution is -2.21. The average Bonchev–Trinajstić information content (AvgIpc) is 2.70. The van der Waals surface area contributed by atoms with E-state index < -0.39 is 18.2 Å². The molecular formula is C11H12N2O5. The van der Waals surface area contributed by atoms with Crippen LogP contribution in [-0.4, -0.2) is 31.4 Å². The molecule has 1 aliphatic heterocycles. The minimum Gasteiger partial charge on any atom is -0.458 e. The molecule has 1 aromatic carbocycles. The molecule has 18 heavy (non-hydrogen) atoms. The van der Waals surface area contributed by atoms with E-state index >= 15 is 0 Å². The van der Waals surface area contributed by atoms with Gasteiger partial charge in [0.25, 0.3) is 0 Å². The van der Waals surface area contributed by atoms with Gasteiger partial charge in [-0.1, -0.05) is 0 Å². The first kappa shape index (κ1) is 12.0. The summed E-state index contributed by atoms with van der Waals surface area (Å²) in [6.45, 7) is 0.00442. The number of benzene rings is 1. The second-order valence-electron chi connectivity index (χ2n) is 3.79. The van der Waals surface area contributed by atoms with Crippen molar-refractivity contribution >= 4 is 23.5 Å². The molecule has 0 saturated carbocycles. The van der Waals surface area contributed by atoms with Crippen molar-refractivity contribution in [3.8, 4) is 0 Å². The second-order valence-corrected chi connectivity index (χ2v) is 3.79. The van der Waals surface area contributed by atoms with Gasteiger partial charge in [-0.15, -0.1) is 0 Å². The van der Waals surface area contributed by atoms with Crippen molar-refractivity contribution in [1.29, 1.82) is 0 Å². The van der Waals surface area contributed by atoms with Crippen LogP contribution in [0.25, 0.3) is 0 Å². The van der Waals surface area contributed by atoms with Gasteiger partial charge < -0.3 is 25.7 Å². The Labute approximate surface area is 103 Å². The average molecular weight is 252 g/mol. The quantitative estimate of drug-likeness (QED) is 0.596. The molecule has 1 heterocycles. The molecule has 1 saturated heterocycles. The number of nitrogens with two attached hydrogens (primary N) is 2. The SMILES string of the molecule is Nc1cc(N)cc(C(=O)OCC2COC(=O)O2)c1. The maximum absolute atomic E-state index is 11.7. The zero-order chi connectivity index (χ0) is 13.1. The highest BCUT2D eigenvalue weighted by atomic mass is 16.8. The Morgan fingerprint density at radius 3 is 2.56 bits per heavy atom. The smallest absolute Gasteiger partial charge is 0.458 e. The van der Waals surface area contributed by atoms with Gasteiger partial charge in [0.1, 0.15) is 13.2 Å². The summed E-state index contributed by atoms with van der Waals surface area (Å²) in [6.07, 6.45) is -1.33. The van der Waals surface area contributed by atoms with E-state index in [-0.39, 0.29) is 18.8 Å². The number of nitrogen functional groups attached to an aromatic ring is 2. The highest BCUT2D eigenvalue weighted by molar-refractivity contribution is 5.91. The highest BCUT2D eigenvalue weighted by Crippen LogP contribution is 2.15. The molecule has 7 nitrogen and oxygen atoms in total. The van der Waals surface area contributed by atoms with Crippen LogP contribution in [-0.2, 0) is 14.2 Å². The number of hydrogen-bond acceptors (Lipinski definition) is 7. The Kier molecular flexibility index (Phi) is 3.22. The minimum absolute atomic E-state index is 0.0702. The predicted octanol–water partition coefficient (Wildman–Crippen LogP) is 0.543. The predicted molar refractivity (Wildman–Crippen MR) is 61.8 cm³/mol. The van der Waals surface area contributed by atoms with Crippen molar-refractivity contribution < 1.29 is 23.8 Å². The van der Waals surface area contributed by atoms with Crippen molar-refractivity contribution in [2.75, 3.05) is 24.7 Å². The third-order valence-electron chi connectivity index (χ3n) is 2.26. The molecule has 7 heteroatoms. The third kappa shape index (κ3) is 2.82. The molecule has 0 spiro atoms. The van der Waals surface area contributed by atoms with Gasteiger partial charge in [-0.2, -0.15) is 0 Å². The monoisotopic (exact) mass is 252 g/mol. The fraction of sp³-hybridized carbons (Fsp3) is 0.273. The molecule has 1 aromatic rings. The van der Waals surface area contributed by atoms with Crippen molar-refractivity contribution in [1.82, 2.24) is 0 Å². The molecule has 1 atom stereocenters. The van der Waals surface area contributed by atoms with Crippen LogP contribution in [0.2, 0.25) is 0 Å². The zero-order valence-corrected chi connectivity index (χ0v) is 9.42. The molecule has 1 fully saturated rings. The molecule has 0 bridgehead atoms. The van der Waals surface area contributed by atoms with Gasteiger partial charge in [0.05, 0.1) is 5.56 Å². The second kappa shape index (κ2) is 4.82. The molecule has 96 valence electrons. The summed E-state index contributed by atoms with van der Waals surface area (Å²) in [5.74, 6) is -0.586. The number of esters is 1. The molecule has 0 radical (unpaired) electrons. The summed E-state index contributed by atoms with van der Waals surface area (Å²) in [4.78, 5) is 22.3. The lowest BCUT2D eigenvalue weighted by atomic mass is 10.2. The van der Waals surface area contributed by atoms with Gasteiger partial charge in [0.15, 0.2) is 6.10 Å². The Balaban J connectivity index is 1.93. The van der Waals surface area contributed by atoms with Crippen LogP contribution in [0.5, 0.6) is 0 Å². The number of cyclic esters (lactones) is 2. The van der Waals surface area contributed by atoms with Crippen LogP contribution in [0.1, 0.15) is 10.4 Å². The van der Waals surface area contributed by atoms with Crippen LogP contribution in [0.4, 0.5) is 16.2 Å². The number of anilines is 2. The summed E-state index contributed by atoms with van der Waals surface area (Å²) in [5.41, 5.74) is 12.1. The highest BCUT2D eigenvalue weighted by Gasteiger charge is 2.26. The molecule has 1 unspecified atom stereocenters. The number of hydrogen-bond donors (Lipinski definition) is 2. The normalized spacial score (nSPS) is 18.0. The van der Waals surface area contributed by atoms with Crippen molar-refractivity contribution in [2.24, 2.45) is 0 Å². The molecule has 0 aromatic heterocycles. The lowest BCUT2D eigenvalue weighted by Gasteiger charge is -2.08. The fourth-order valence-corrected chi connectivity index (χ4v) is 1.49. The molecule has 0 amide bonds. The zero-order valence-electron chi connectivity index (χ0n) is 9.42. The lowest BCUT2D eigenvalue weighted by molar-refractivity contribution is 0.0300. The van der Waals surface area contributed by atoms with E-state index in [1.54, 1.807) is 0 Å². The largest absolute Gasteiger partial charge is 0.508 e. The van der Waals surface area contributed by atoms with Gasteiger partial charge in [0.2, 0.25) is 0 Å².